The molecule has 0 saturated heterocycles. The number of aromatic nitrogens is 3. The molecule has 0 aliphatic rings. The standard InChI is InChI=1S/C47H29N3O/c1-2-11-36-29-37(28-19-30(36)9-1)47-49-45(34-24-20-32(21-25-34)39-15-7-12-31-10-3-4-13-38(31)39)48-46(50-47)35-26-22-33(23-27-35)40-16-8-18-43-44(40)41-14-5-6-17-42(41)51-43/h1-29H. The molecule has 0 spiro atoms. The molecular formula is C47H29N3O. The van der Waals surface area contributed by atoms with Crippen LogP contribution in [0.15, 0.2) is 180 Å². The second-order valence-corrected chi connectivity index (χ2v) is 12.8. The Bertz CT molecular complexity index is 2900. The first-order valence-electron chi connectivity index (χ1n) is 17.1. The lowest BCUT2D eigenvalue weighted by molar-refractivity contribution is 0.669. The largest absolute Gasteiger partial charge is 0.456 e. The Labute approximate surface area is 294 Å². The summed E-state index contributed by atoms with van der Waals surface area (Å²) < 4.78 is 6.17. The molecule has 0 bridgehead atoms. The normalized spacial score (nSPS) is 11.5. The number of nitrogens with zero attached hydrogens (tertiary/aromatic N) is 3. The van der Waals surface area contributed by atoms with Gasteiger partial charge in [0.05, 0.1) is 0 Å². The van der Waals surface area contributed by atoms with Gasteiger partial charge in [-0.2, -0.15) is 0 Å². The van der Waals surface area contributed by atoms with Gasteiger partial charge in [0.15, 0.2) is 17.5 Å². The maximum atomic E-state index is 6.17. The lowest BCUT2D eigenvalue weighted by Gasteiger charge is -2.11. The van der Waals surface area contributed by atoms with Crippen LogP contribution >= 0.6 is 0 Å². The van der Waals surface area contributed by atoms with E-state index in [2.05, 4.69) is 152 Å². The van der Waals surface area contributed by atoms with Crippen LogP contribution in [0.2, 0.25) is 0 Å². The Morgan fingerprint density at radius 3 is 1.55 bits per heavy atom. The molecular weight excluding hydrogens is 623 g/mol. The van der Waals surface area contributed by atoms with Gasteiger partial charge in [0.25, 0.3) is 0 Å². The van der Waals surface area contributed by atoms with Crippen molar-refractivity contribution in [3.63, 3.8) is 0 Å². The number of rotatable bonds is 5. The van der Waals surface area contributed by atoms with Gasteiger partial charge in [0, 0.05) is 27.5 Å². The van der Waals surface area contributed by atoms with Crippen LogP contribution in [-0.4, -0.2) is 15.0 Å². The Morgan fingerprint density at radius 1 is 0.314 bits per heavy atom. The summed E-state index contributed by atoms with van der Waals surface area (Å²) in [7, 11) is 0. The molecule has 10 aromatic rings. The lowest BCUT2D eigenvalue weighted by Crippen LogP contribution is -2.00. The van der Waals surface area contributed by atoms with E-state index in [1.807, 2.05) is 24.3 Å². The molecule has 0 atom stereocenters. The van der Waals surface area contributed by atoms with Crippen LogP contribution in [0.4, 0.5) is 0 Å². The van der Waals surface area contributed by atoms with Gasteiger partial charge in [-0.25, -0.2) is 15.0 Å². The molecule has 0 aliphatic carbocycles. The van der Waals surface area contributed by atoms with Crippen LogP contribution in [-0.2, 0) is 0 Å². The summed E-state index contributed by atoms with van der Waals surface area (Å²) in [5.74, 6) is 1.89. The highest BCUT2D eigenvalue weighted by molar-refractivity contribution is 6.12. The van der Waals surface area contributed by atoms with Gasteiger partial charge in [-0.05, 0) is 62.0 Å². The minimum Gasteiger partial charge on any atom is -0.456 e. The van der Waals surface area contributed by atoms with Crippen LogP contribution in [0.5, 0.6) is 0 Å². The molecule has 0 aliphatic heterocycles. The number of benzene rings is 8. The van der Waals surface area contributed by atoms with E-state index >= 15 is 0 Å². The number of para-hydroxylation sites is 1. The van der Waals surface area contributed by atoms with Crippen LogP contribution in [0.25, 0.3) is 99.9 Å². The number of hydrogen-bond acceptors (Lipinski definition) is 4. The van der Waals surface area contributed by atoms with E-state index < -0.39 is 0 Å². The predicted molar refractivity (Wildman–Crippen MR) is 209 cm³/mol. The van der Waals surface area contributed by atoms with E-state index in [0.717, 1.165) is 60.7 Å². The van der Waals surface area contributed by atoms with Gasteiger partial charge in [-0.15, -0.1) is 0 Å². The molecule has 0 radical (unpaired) electrons. The summed E-state index contributed by atoms with van der Waals surface area (Å²) in [4.78, 5) is 15.2. The number of furan rings is 1. The molecule has 10 rings (SSSR count). The topological polar surface area (TPSA) is 51.8 Å². The van der Waals surface area contributed by atoms with Gasteiger partial charge < -0.3 is 4.42 Å². The quantitative estimate of drug-likeness (QED) is 0.186. The van der Waals surface area contributed by atoms with Crippen molar-refractivity contribution < 1.29 is 4.42 Å². The molecule has 0 N–H and O–H groups in total. The fraction of sp³-hybridized carbons (Fsp3) is 0. The maximum absolute atomic E-state index is 6.17. The van der Waals surface area contributed by atoms with E-state index in [0.29, 0.717) is 17.5 Å². The molecule has 0 amide bonds. The van der Waals surface area contributed by atoms with E-state index in [-0.39, 0.29) is 0 Å². The maximum Gasteiger partial charge on any atom is 0.164 e. The second-order valence-electron chi connectivity index (χ2n) is 12.8. The first-order chi connectivity index (χ1) is 25.2. The highest BCUT2D eigenvalue weighted by Crippen LogP contribution is 2.37. The highest BCUT2D eigenvalue weighted by atomic mass is 16.3. The van der Waals surface area contributed by atoms with Crippen molar-refractivity contribution >= 4 is 43.5 Å². The van der Waals surface area contributed by atoms with E-state index in [4.69, 9.17) is 19.4 Å². The highest BCUT2D eigenvalue weighted by Gasteiger charge is 2.16. The molecule has 0 saturated carbocycles. The zero-order valence-electron chi connectivity index (χ0n) is 27.5. The Morgan fingerprint density at radius 2 is 0.804 bits per heavy atom. The summed E-state index contributed by atoms with van der Waals surface area (Å²) in [6.07, 6.45) is 0. The molecule has 4 nitrogen and oxygen atoms in total. The summed E-state index contributed by atoms with van der Waals surface area (Å²) in [6.45, 7) is 0. The third kappa shape index (κ3) is 5.13. The van der Waals surface area contributed by atoms with Crippen LogP contribution < -0.4 is 0 Å². The van der Waals surface area contributed by atoms with Crippen molar-refractivity contribution in [2.24, 2.45) is 0 Å². The van der Waals surface area contributed by atoms with Crippen LogP contribution in [0.3, 0.4) is 0 Å². The molecule has 51 heavy (non-hydrogen) atoms. The minimum atomic E-state index is 0.625. The fourth-order valence-corrected chi connectivity index (χ4v) is 7.18. The Hall–Kier alpha value is -6.91. The zero-order valence-corrected chi connectivity index (χ0v) is 27.5. The monoisotopic (exact) mass is 651 g/mol. The summed E-state index contributed by atoms with van der Waals surface area (Å²) >= 11 is 0. The van der Waals surface area contributed by atoms with E-state index in [1.54, 1.807) is 0 Å². The van der Waals surface area contributed by atoms with E-state index in [9.17, 15) is 0 Å². The van der Waals surface area contributed by atoms with Crippen molar-refractivity contribution in [1.82, 2.24) is 15.0 Å². The first-order valence-corrected chi connectivity index (χ1v) is 17.1. The van der Waals surface area contributed by atoms with Crippen molar-refractivity contribution in [3.8, 4) is 56.4 Å². The molecule has 2 heterocycles. The molecule has 8 aromatic carbocycles. The van der Waals surface area contributed by atoms with Crippen molar-refractivity contribution in [2.45, 2.75) is 0 Å². The smallest absolute Gasteiger partial charge is 0.164 e. The summed E-state index contributed by atoms with van der Waals surface area (Å²) in [5, 5.41) is 7.00. The lowest BCUT2D eigenvalue weighted by atomic mass is 9.97. The predicted octanol–water partition coefficient (Wildman–Crippen LogP) is 12.4. The SMILES string of the molecule is c1ccc2cc(-c3nc(-c4ccc(-c5cccc6ccccc56)cc4)nc(-c4ccc(-c5cccc6oc7ccccc7c56)cc4)n3)ccc2c1. The third-order valence-corrected chi connectivity index (χ3v) is 9.74. The van der Waals surface area contributed by atoms with Gasteiger partial charge in [0.1, 0.15) is 11.2 Å². The van der Waals surface area contributed by atoms with Gasteiger partial charge in [-0.3, -0.25) is 0 Å². The first kappa shape index (κ1) is 29.0. The summed E-state index contributed by atoms with van der Waals surface area (Å²) in [5.41, 5.74) is 9.14. The molecule has 0 fully saturated rings. The average molecular weight is 652 g/mol. The van der Waals surface area contributed by atoms with Gasteiger partial charge in [0.2, 0.25) is 0 Å². The van der Waals surface area contributed by atoms with Gasteiger partial charge in [-0.1, -0.05) is 158 Å². The number of fused-ring (bicyclic) bond motifs is 5. The minimum absolute atomic E-state index is 0.625. The van der Waals surface area contributed by atoms with E-state index in [1.165, 1.54) is 21.7 Å². The van der Waals surface area contributed by atoms with Gasteiger partial charge >= 0.3 is 0 Å². The van der Waals surface area contributed by atoms with Crippen molar-refractivity contribution in [3.05, 3.63) is 176 Å². The van der Waals surface area contributed by atoms with Crippen LogP contribution in [0.1, 0.15) is 0 Å². The summed E-state index contributed by atoms with van der Waals surface area (Å²) in [6, 6.07) is 61.1. The Balaban J connectivity index is 1.08. The third-order valence-electron chi connectivity index (χ3n) is 9.74. The molecule has 238 valence electrons. The van der Waals surface area contributed by atoms with Crippen molar-refractivity contribution in [2.75, 3.05) is 0 Å². The fourth-order valence-electron chi connectivity index (χ4n) is 7.18. The van der Waals surface area contributed by atoms with Crippen LogP contribution in [0, 0.1) is 0 Å². The molecule has 0 unspecified atom stereocenters. The Kier molecular flexibility index (Phi) is 6.78. The molecule has 2 aromatic heterocycles. The van der Waals surface area contributed by atoms with Crippen molar-refractivity contribution in [1.29, 1.82) is 0 Å². The average Bonchev–Trinajstić information content (AvgIpc) is 3.59. The molecule has 4 heteroatoms. The number of hydrogen-bond donors (Lipinski definition) is 0. The zero-order chi connectivity index (χ0) is 33.7. The second kappa shape index (κ2) is 11.9.